The first-order valence-corrected chi connectivity index (χ1v) is 15.6. The number of aromatic nitrogens is 1. The zero-order valence-corrected chi connectivity index (χ0v) is 25.7. The highest BCUT2D eigenvalue weighted by atomic mass is 19.1. The molecule has 2 atom stereocenters. The smallest absolute Gasteiger partial charge is 0.305 e. The Bertz CT molecular complexity index is 1610. The van der Waals surface area contributed by atoms with Gasteiger partial charge in [-0.3, -0.25) is 9.59 Å². The molecule has 3 aromatic carbocycles. The van der Waals surface area contributed by atoms with Gasteiger partial charge in [0.15, 0.2) is 0 Å². The van der Waals surface area contributed by atoms with Crippen LogP contribution in [0.4, 0.5) is 10.1 Å². The van der Waals surface area contributed by atoms with Crippen LogP contribution >= 0.6 is 0 Å². The van der Waals surface area contributed by atoms with Crippen molar-refractivity contribution in [2.24, 2.45) is 5.41 Å². The minimum atomic E-state index is -1.19. The Morgan fingerprint density at radius 3 is 2.07 bits per heavy atom. The molecule has 4 N–H and O–H groups in total. The Kier molecular flexibility index (Phi) is 9.85. The topological polar surface area (TPSA) is 112 Å². The summed E-state index contributed by atoms with van der Waals surface area (Å²) in [5.41, 5.74) is 4.29. The molecular weight excluding hydrogens is 571 g/mol. The van der Waals surface area contributed by atoms with E-state index in [2.05, 4.69) is 9.88 Å². The first-order valence-electron chi connectivity index (χ1n) is 15.6. The normalized spacial score (nSPS) is 15.6. The molecule has 236 valence electrons. The number of nitrogens with one attached hydrogen (secondary N) is 1. The van der Waals surface area contributed by atoms with Gasteiger partial charge in [0.2, 0.25) is 0 Å². The van der Waals surface area contributed by atoms with E-state index in [-0.39, 0.29) is 24.1 Å². The molecule has 1 aliphatic rings. The number of aliphatic carboxylic acids is 1. The second-order valence-corrected chi connectivity index (χ2v) is 12.5. The Balaban J connectivity index is 1.75. The van der Waals surface area contributed by atoms with Crippen LogP contribution in [0.25, 0.3) is 22.4 Å². The number of carboxylic acid groups (broad SMARTS) is 1. The van der Waals surface area contributed by atoms with Crippen molar-refractivity contribution in [3.63, 3.8) is 0 Å². The summed E-state index contributed by atoms with van der Waals surface area (Å²) in [6.45, 7) is 4.40. The number of anilines is 1. The average Bonchev–Trinajstić information content (AvgIpc) is 3.62. The van der Waals surface area contributed by atoms with Crippen LogP contribution in [0.2, 0.25) is 0 Å². The van der Waals surface area contributed by atoms with Gasteiger partial charge in [0.05, 0.1) is 29.9 Å². The van der Waals surface area contributed by atoms with Gasteiger partial charge in [-0.15, -0.1) is 0 Å². The summed E-state index contributed by atoms with van der Waals surface area (Å²) in [4.78, 5) is 25.6. The quantitative estimate of drug-likeness (QED) is 0.133. The van der Waals surface area contributed by atoms with Gasteiger partial charge in [0.25, 0.3) is 5.91 Å². The zero-order chi connectivity index (χ0) is 32.1. The number of hydrogen-bond donors (Lipinski definition) is 4. The van der Waals surface area contributed by atoms with E-state index >= 15 is 0 Å². The SMILES string of the molecule is CC(C)c1c(C(=O)Nc2ccccc2)c(-c2ccccc2)c(-c2ccc(F)cc2)n1CC1([C@@H](O)C[C@@H](O)CC(=O)O)CCCC1. The lowest BCUT2D eigenvalue weighted by molar-refractivity contribution is -0.140. The molecular formula is C37H41FN2O5. The van der Waals surface area contributed by atoms with E-state index in [4.69, 9.17) is 0 Å². The number of carboxylic acids is 1. The number of halogens is 1. The Morgan fingerprint density at radius 2 is 1.49 bits per heavy atom. The first-order chi connectivity index (χ1) is 21.6. The van der Waals surface area contributed by atoms with E-state index in [1.54, 1.807) is 12.1 Å². The third kappa shape index (κ3) is 7.02. The van der Waals surface area contributed by atoms with Gasteiger partial charge >= 0.3 is 5.97 Å². The average molecular weight is 613 g/mol. The minimum Gasteiger partial charge on any atom is -0.481 e. The van der Waals surface area contributed by atoms with Crippen LogP contribution in [0.15, 0.2) is 84.9 Å². The van der Waals surface area contributed by atoms with Crippen molar-refractivity contribution >= 4 is 17.6 Å². The Morgan fingerprint density at radius 1 is 0.889 bits per heavy atom. The molecule has 1 aliphatic carbocycles. The van der Waals surface area contributed by atoms with Crippen LogP contribution in [0.5, 0.6) is 0 Å². The monoisotopic (exact) mass is 612 g/mol. The third-order valence-corrected chi connectivity index (χ3v) is 8.97. The van der Waals surface area contributed by atoms with E-state index in [1.165, 1.54) is 12.1 Å². The molecule has 7 nitrogen and oxygen atoms in total. The number of rotatable bonds is 12. The van der Waals surface area contributed by atoms with Crippen molar-refractivity contribution in [3.8, 4) is 22.4 Å². The summed E-state index contributed by atoms with van der Waals surface area (Å²) in [6, 6.07) is 25.2. The van der Waals surface area contributed by atoms with E-state index in [9.17, 15) is 29.3 Å². The predicted molar refractivity (Wildman–Crippen MR) is 174 cm³/mol. The van der Waals surface area contributed by atoms with E-state index < -0.39 is 30.0 Å². The van der Waals surface area contributed by atoms with Crippen molar-refractivity contribution in [3.05, 3.63) is 102 Å². The standard InChI is InChI=1S/C37H41FN2O5/c1-24(2)34-33(36(45)39-28-13-7-4-8-14-28)32(25-11-5-3-6-12-25)35(26-15-17-27(38)18-16-26)40(34)23-37(19-9-10-20-37)30(42)21-29(41)22-31(43)44/h3-8,11-18,24,29-30,41-42H,9-10,19-23H2,1-2H3,(H,39,45)(H,43,44)/t29-,30+/m1/s1. The number of benzene rings is 3. The second kappa shape index (κ2) is 13.8. The van der Waals surface area contributed by atoms with Crippen LogP contribution < -0.4 is 5.32 Å². The lowest BCUT2D eigenvalue weighted by Gasteiger charge is -2.37. The highest BCUT2D eigenvalue weighted by molar-refractivity contribution is 6.12. The Hall–Kier alpha value is -4.27. The number of aliphatic hydroxyl groups is 2. The molecule has 4 aromatic rings. The summed E-state index contributed by atoms with van der Waals surface area (Å²) in [6.07, 6.45) is 0.441. The Labute approximate surface area is 263 Å². The number of carbonyl (C=O) groups is 2. The maximum atomic E-state index is 14.4. The number of nitrogens with zero attached hydrogens (tertiary/aromatic N) is 1. The number of para-hydroxylation sites is 1. The fraction of sp³-hybridized carbons (Fsp3) is 0.351. The molecule has 0 spiro atoms. The lowest BCUT2D eigenvalue weighted by atomic mass is 9.77. The van der Waals surface area contributed by atoms with Gasteiger partial charge in [0, 0.05) is 35.3 Å². The molecule has 1 aromatic heterocycles. The largest absolute Gasteiger partial charge is 0.481 e. The van der Waals surface area contributed by atoms with Crippen molar-refractivity contribution in [1.29, 1.82) is 0 Å². The minimum absolute atomic E-state index is 0.0661. The first kappa shape index (κ1) is 32.1. The number of amides is 1. The van der Waals surface area contributed by atoms with Crippen LogP contribution in [-0.2, 0) is 11.3 Å². The molecule has 8 heteroatoms. The van der Waals surface area contributed by atoms with Crippen LogP contribution in [0.3, 0.4) is 0 Å². The lowest BCUT2D eigenvalue weighted by Crippen LogP contribution is -2.40. The van der Waals surface area contributed by atoms with Gasteiger partial charge in [-0.2, -0.15) is 0 Å². The molecule has 1 heterocycles. The fourth-order valence-corrected chi connectivity index (χ4v) is 6.92. The number of aliphatic hydroxyl groups excluding tert-OH is 2. The van der Waals surface area contributed by atoms with Crippen molar-refractivity contribution in [1.82, 2.24) is 4.57 Å². The van der Waals surface area contributed by atoms with Crippen LogP contribution in [0.1, 0.15) is 74.3 Å². The predicted octanol–water partition coefficient (Wildman–Crippen LogP) is 7.48. The molecule has 5 rings (SSSR count). The van der Waals surface area contributed by atoms with Gasteiger partial charge in [-0.1, -0.05) is 75.2 Å². The number of hydrogen-bond acceptors (Lipinski definition) is 4. The molecule has 1 fully saturated rings. The van der Waals surface area contributed by atoms with Crippen LogP contribution in [-0.4, -0.2) is 44.0 Å². The van der Waals surface area contributed by atoms with Crippen molar-refractivity contribution in [2.75, 3.05) is 5.32 Å². The highest BCUT2D eigenvalue weighted by Gasteiger charge is 2.44. The van der Waals surface area contributed by atoms with Gasteiger partial charge < -0.3 is 25.2 Å². The zero-order valence-electron chi connectivity index (χ0n) is 25.7. The van der Waals surface area contributed by atoms with E-state index in [0.29, 0.717) is 36.2 Å². The van der Waals surface area contributed by atoms with Gasteiger partial charge in [-0.25, -0.2) is 4.39 Å². The molecule has 0 saturated heterocycles. The molecule has 1 saturated carbocycles. The number of carbonyl (C=O) groups excluding carboxylic acids is 1. The summed E-state index contributed by atoms with van der Waals surface area (Å²) >= 11 is 0. The van der Waals surface area contributed by atoms with Crippen LogP contribution in [0, 0.1) is 11.2 Å². The summed E-state index contributed by atoms with van der Waals surface area (Å²) in [5.74, 6) is -1.89. The summed E-state index contributed by atoms with van der Waals surface area (Å²) in [7, 11) is 0. The fourth-order valence-electron chi connectivity index (χ4n) is 6.92. The molecule has 1 amide bonds. The van der Waals surface area contributed by atoms with Crippen molar-refractivity contribution in [2.45, 2.75) is 77.0 Å². The summed E-state index contributed by atoms with van der Waals surface area (Å²) in [5, 5.41) is 34.5. The van der Waals surface area contributed by atoms with Crippen molar-refractivity contribution < 1.29 is 29.3 Å². The molecule has 0 unspecified atom stereocenters. The van der Waals surface area contributed by atoms with Gasteiger partial charge in [0.1, 0.15) is 5.82 Å². The molecule has 45 heavy (non-hydrogen) atoms. The molecule has 0 radical (unpaired) electrons. The van der Waals surface area contributed by atoms with Gasteiger partial charge in [-0.05, 0) is 66.3 Å². The molecule has 0 bridgehead atoms. The van der Waals surface area contributed by atoms with E-state index in [0.717, 1.165) is 35.4 Å². The highest BCUT2D eigenvalue weighted by Crippen LogP contribution is 2.49. The second-order valence-electron chi connectivity index (χ2n) is 12.5. The third-order valence-electron chi connectivity index (χ3n) is 8.97. The maximum Gasteiger partial charge on any atom is 0.305 e. The summed E-state index contributed by atoms with van der Waals surface area (Å²) < 4.78 is 16.4. The molecule has 0 aliphatic heterocycles. The van der Waals surface area contributed by atoms with E-state index in [1.807, 2.05) is 74.5 Å². The maximum absolute atomic E-state index is 14.4.